The van der Waals surface area contributed by atoms with E-state index in [2.05, 4.69) is 0 Å². The van der Waals surface area contributed by atoms with Crippen molar-refractivity contribution in [2.24, 2.45) is 0 Å². The Balaban J connectivity index is -0.0000000800. The summed E-state index contributed by atoms with van der Waals surface area (Å²) in [5, 5.41) is 0. The van der Waals surface area contributed by atoms with Gasteiger partial charge >= 0.3 is 17.4 Å². The maximum atomic E-state index is 8.77. The minimum Gasteiger partial charge on any atom is -1.00 e. The Kier molecular flexibility index (Phi) is 10.6. The van der Waals surface area contributed by atoms with Crippen LogP contribution in [0.3, 0.4) is 0 Å². The first-order valence-electron chi connectivity index (χ1n) is 0.765. The summed E-state index contributed by atoms with van der Waals surface area (Å²) in [6.45, 7) is 0. The molecule has 0 aromatic rings. The SMILES string of the molecule is O=P([O-])(O)O.[Al+2].[F-]. The Labute approximate surface area is 49.9 Å². The summed E-state index contributed by atoms with van der Waals surface area (Å²) in [5.74, 6) is 0. The van der Waals surface area contributed by atoms with E-state index >= 15 is 0 Å². The zero-order valence-corrected chi connectivity index (χ0v) is 5.16. The van der Waals surface area contributed by atoms with Crippen LogP contribution in [0.4, 0.5) is 0 Å². The van der Waals surface area contributed by atoms with Crippen LogP contribution in [0.1, 0.15) is 0 Å². The first-order valence-corrected chi connectivity index (χ1v) is 2.30. The van der Waals surface area contributed by atoms with Crippen LogP contribution in [0.2, 0.25) is 0 Å². The van der Waals surface area contributed by atoms with Gasteiger partial charge in [-0.3, -0.25) is 4.57 Å². The molecular formula is H2AlFO4P. The molecule has 0 heterocycles. The fraction of sp³-hybridized carbons (Fsp3) is 0. The topological polar surface area (TPSA) is 80.6 Å². The third-order valence-corrected chi connectivity index (χ3v) is 0. The molecule has 0 aromatic heterocycles. The van der Waals surface area contributed by atoms with E-state index < -0.39 is 7.82 Å². The third-order valence-electron chi connectivity index (χ3n) is 0. The Morgan fingerprint density at radius 2 is 1.43 bits per heavy atom. The number of hydrogen-bond donors (Lipinski definition) is 2. The van der Waals surface area contributed by atoms with E-state index in [9.17, 15) is 0 Å². The van der Waals surface area contributed by atoms with Crippen molar-refractivity contribution in [2.75, 3.05) is 0 Å². The van der Waals surface area contributed by atoms with Crippen molar-refractivity contribution in [3.63, 3.8) is 0 Å². The zero-order valence-electron chi connectivity index (χ0n) is 3.11. The molecule has 0 bridgehead atoms. The van der Waals surface area contributed by atoms with Crippen LogP contribution in [0, 0.1) is 0 Å². The molecule has 41 valence electrons. The molecule has 0 amide bonds. The molecule has 0 spiro atoms. The van der Waals surface area contributed by atoms with Gasteiger partial charge in [0.1, 0.15) is 0 Å². The van der Waals surface area contributed by atoms with Crippen LogP contribution in [-0.2, 0) is 4.57 Å². The minimum absolute atomic E-state index is 0. The standard InChI is InChI=1S/Al.FH.H3O4P/c;;1-5(2,3)4/h;1H;(H3,1,2,3,4)/q+2;;/p-2. The van der Waals surface area contributed by atoms with Gasteiger partial charge in [-0.05, 0) is 0 Å². The summed E-state index contributed by atoms with van der Waals surface area (Å²) in [6, 6.07) is 0. The smallest absolute Gasteiger partial charge is 1.00 e. The molecule has 0 aromatic carbocycles. The monoisotopic (exact) mass is 143 g/mol. The first-order chi connectivity index (χ1) is 2.00. The Bertz CT molecular complexity index is 57.8. The van der Waals surface area contributed by atoms with Crippen molar-refractivity contribution in [1.29, 1.82) is 0 Å². The molecule has 4 nitrogen and oxygen atoms in total. The van der Waals surface area contributed by atoms with Crippen LogP contribution in [0.15, 0.2) is 0 Å². The second kappa shape index (κ2) is 4.72. The van der Waals surface area contributed by atoms with Crippen LogP contribution in [0.5, 0.6) is 0 Å². The van der Waals surface area contributed by atoms with Crippen molar-refractivity contribution in [2.45, 2.75) is 0 Å². The summed E-state index contributed by atoms with van der Waals surface area (Å²) in [7, 11) is -4.89. The maximum Gasteiger partial charge on any atom is 2.00 e. The van der Waals surface area contributed by atoms with Crippen LogP contribution < -0.4 is 9.60 Å². The van der Waals surface area contributed by atoms with Crippen LogP contribution in [-0.4, -0.2) is 27.1 Å². The van der Waals surface area contributed by atoms with E-state index in [1.54, 1.807) is 0 Å². The average molecular weight is 143 g/mol. The van der Waals surface area contributed by atoms with Gasteiger partial charge in [-0.15, -0.1) is 0 Å². The van der Waals surface area contributed by atoms with Gasteiger partial charge in [-0.25, -0.2) is 0 Å². The van der Waals surface area contributed by atoms with E-state index in [1.165, 1.54) is 0 Å². The van der Waals surface area contributed by atoms with Crippen molar-refractivity contribution in [3.05, 3.63) is 0 Å². The fourth-order valence-corrected chi connectivity index (χ4v) is 0. The Morgan fingerprint density at radius 3 is 1.43 bits per heavy atom. The molecule has 0 aliphatic heterocycles. The number of hydrogen-bond acceptors (Lipinski definition) is 2. The van der Waals surface area contributed by atoms with Gasteiger partial charge < -0.3 is 19.4 Å². The molecule has 1 radical (unpaired) electrons. The van der Waals surface area contributed by atoms with Gasteiger partial charge in [0, 0.05) is 0 Å². The van der Waals surface area contributed by atoms with Crippen molar-refractivity contribution >= 4 is 25.2 Å². The normalized spacial score (nSPS) is 8.43. The summed E-state index contributed by atoms with van der Waals surface area (Å²) >= 11 is 0. The zero-order chi connectivity index (χ0) is 4.50. The first kappa shape index (κ1) is 15.6. The van der Waals surface area contributed by atoms with Crippen LogP contribution in [0.25, 0.3) is 0 Å². The predicted molar refractivity (Wildman–Crippen MR) is 17.8 cm³/mol. The maximum absolute atomic E-state index is 8.77. The van der Waals surface area contributed by atoms with Gasteiger partial charge in [0.05, 0.1) is 0 Å². The molecule has 2 N–H and O–H groups in total. The Morgan fingerprint density at radius 1 is 1.43 bits per heavy atom. The second-order valence-corrected chi connectivity index (χ2v) is 1.47. The number of phosphoric acid groups is 1. The van der Waals surface area contributed by atoms with Gasteiger partial charge in [-0.2, -0.15) is 0 Å². The van der Waals surface area contributed by atoms with E-state index in [0.29, 0.717) is 0 Å². The largest absolute Gasteiger partial charge is 2.00 e. The quantitative estimate of drug-likeness (QED) is 0.263. The van der Waals surface area contributed by atoms with Gasteiger partial charge in [0.15, 0.2) is 0 Å². The van der Waals surface area contributed by atoms with E-state index in [4.69, 9.17) is 19.2 Å². The molecule has 0 fully saturated rings. The van der Waals surface area contributed by atoms with E-state index in [0.717, 1.165) is 0 Å². The predicted octanol–water partition coefficient (Wildman–Crippen LogP) is -4.94. The average Bonchev–Trinajstić information content (AvgIpc) is 0.722. The summed E-state index contributed by atoms with van der Waals surface area (Å²) in [5.41, 5.74) is 0. The van der Waals surface area contributed by atoms with Gasteiger partial charge in [0.25, 0.3) is 7.82 Å². The number of halogens is 1. The van der Waals surface area contributed by atoms with Crippen molar-refractivity contribution in [3.8, 4) is 0 Å². The molecule has 0 aliphatic carbocycles. The molecular weight excluding hydrogens is 141 g/mol. The fourth-order valence-electron chi connectivity index (χ4n) is 0. The summed E-state index contributed by atoms with van der Waals surface area (Å²) in [4.78, 5) is 22.9. The molecule has 0 atom stereocenters. The molecule has 0 rings (SSSR count). The van der Waals surface area contributed by atoms with Gasteiger partial charge in [-0.1, -0.05) is 0 Å². The molecule has 0 aliphatic rings. The van der Waals surface area contributed by atoms with Crippen molar-refractivity contribution in [1.82, 2.24) is 0 Å². The Hall–Kier alpha value is 0.572. The summed E-state index contributed by atoms with van der Waals surface area (Å²) in [6.07, 6.45) is 0. The van der Waals surface area contributed by atoms with Crippen molar-refractivity contribution < 1.29 is 23.9 Å². The minimum atomic E-state index is -4.89. The van der Waals surface area contributed by atoms with E-state index in [-0.39, 0.29) is 22.1 Å². The molecule has 0 saturated carbocycles. The molecule has 7 heteroatoms. The summed E-state index contributed by atoms with van der Waals surface area (Å²) < 4.78 is 8.77. The van der Waals surface area contributed by atoms with Crippen LogP contribution >= 0.6 is 7.82 Å². The molecule has 7 heavy (non-hydrogen) atoms. The molecule has 0 saturated heterocycles. The number of rotatable bonds is 0. The van der Waals surface area contributed by atoms with E-state index in [1.807, 2.05) is 0 Å². The van der Waals surface area contributed by atoms with Gasteiger partial charge in [0.2, 0.25) is 0 Å². The second-order valence-electron chi connectivity index (χ2n) is 0.491. The molecule has 0 unspecified atom stereocenters. The third kappa shape index (κ3) is 419.